The van der Waals surface area contributed by atoms with Crippen LogP contribution in [0, 0.1) is 10.1 Å². The van der Waals surface area contributed by atoms with E-state index in [9.17, 15) is 14.9 Å². The second-order valence-corrected chi connectivity index (χ2v) is 4.95. The first-order valence-electron chi connectivity index (χ1n) is 6.99. The van der Waals surface area contributed by atoms with Gasteiger partial charge in [0.05, 0.1) is 4.92 Å². The maximum atomic E-state index is 11.5. The molecule has 3 N–H and O–H groups in total. The fourth-order valence-electron chi connectivity index (χ4n) is 1.84. The van der Waals surface area contributed by atoms with Gasteiger partial charge in [-0.25, -0.2) is 0 Å². The number of nitro benzene ring substituents is 1. The average molecular weight is 294 g/mol. The van der Waals surface area contributed by atoms with Crippen LogP contribution in [0.4, 0.5) is 17.1 Å². The number of hydrogen-bond donors (Lipinski definition) is 3. The third-order valence-electron chi connectivity index (χ3n) is 2.64. The third-order valence-corrected chi connectivity index (χ3v) is 2.64. The van der Waals surface area contributed by atoms with Gasteiger partial charge in [-0.2, -0.15) is 0 Å². The number of benzene rings is 1. The van der Waals surface area contributed by atoms with Crippen molar-refractivity contribution < 1.29 is 9.72 Å². The van der Waals surface area contributed by atoms with Crippen LogP contribution in [0.15, 0.2) is 18.2 Å². The van der Waals surface area contributed by atoms with Crippen molar-refractivity contribution in [3.63, 3.8) is 0 Å². The molecule has 21 heavy (non-hydrogen) atoms. The number of nitro groups is 1. The molecule has 0 saturated heterocycles. The number of non-ortho nitro benzene ring substituents is 1. The fraction of sp³-hybridized carbons (Fsp3) is 0.500. The summed E-state index contributed by atoms with van der Waals surface area (Å²) in [4.78, 5) is 22.0. The van der Waals surface area contributed by atoms with Crippen molar-refractivity contribution in [2.45, 2.75) is 33.2 Å². The molecule has 0 bridgehead atoms. The highest BCUT2D eigenvalue weighted by molar-refractivity contribution is 5.76. The molecule has 0 fully saturated rings. The Kier molecular flexibility index (Phi) is 6.45. The van der Waals surface area contributed by atoms with Gasteiger partial charge in [-0.15, -0.1) is 0 Å². The highest BCUT2D eigenvalue weighted by Gasteiger charge is 2.10. The van der Waals surface area contributed by atoms with E-state index in [1.165, 1.54) is 12.1 Å². The van der Waals surface area contributed by atoms with E-state index in [2.05, 4.69) is 16.0 Å². The molecule has 1 aromatic carbocycles. The van der Waals surface area contributed by atoms with Crippen LogP contribution in [0.3, 0.4) is 0 Å². The summed E-state index contributed by atoms with van der Waals surface area (Å²) in [6.07, 6.45) is 0.317. The lowest BCUT2D eigenvalue weighted by molar-refractivity contribution is -0.384. The first-order valence-corrected chi connectivity index (χ1v) is 6.99. The lowest BCUT2D eigenvalue weighted by atomic mass is 10.2. The van der Waals surface area contributed by atoms with Gasteiger partial charge < -0.3 is 16.0 Å². The minimum absolute atomic E-state index is 0.0163. The Morgan fingerprint density at radius 2 is 1.86 bits per heavy atom. The second kappa shape index (κ2) is 8.08. The minimum atomic E-state index is -0.433. The normalized spacial score (nSPS) is 10.3. The Bertz CT molecular complexity index is 503. The standard InChI is InChI=1S/C14H22N4O3/c1-4-15-11-7-12(9-13(8-11)18(20)21)16-6-5-14(19)17-10(2)3/h7-10,15-16H,4-6H2,1-3H3,(H,17,19). The van der Waals surface area contributed by atoms with Gasteiger partial charge in [0.25, 0.3) is 5.69 Å². The van der Waals surface area contributed by atoms with E-state index >= 15 is 0 Å². The molecule has 0 radical (unpaired) electrons. The molecule has 116 valence electrons. The number of nitrogens with one attached hydrogen (secondary N) is 3. The molecule has 0 aliphatic carbocycles. The molecular weight excluding hydrogens is 272 g/mol. The highest BCUT2D eigenvalue weighted by Crippen LogP contribution is 2.24. The lowest BCUT2D eigenvalue weighted by Crippen LogP contribution is -2.31. The molecule has 7 heteroatoms. The van der Waals surface area contributed by atoms with Gasteiger partial charge in [0.15, 0.2) is 0 Å². The number of amides is 1. The van der Waals surface area contributed by atoms with Gasteiger partial charge in [0.2, 0.25) is 5.91 Å². The molecule has 0 heterocycles. The number of rotatable bonds is 8. The van der Waals surface area contributed by atoms with Gasteiger partial charge in [-0.05, 0) is 26.8 Å². The molecule has 0 aliphatic heterocycles. The maximum Gasteiger partial charge on any atom is 0.273 e. The smallest absolute Gasteiger partial charge is 0.273 e. The Morgan fingerprint density at radius 1 is 1.24 bits per heavy atom. The van der Waals surface area contributed by atoms with Crippen molar-refractivity contribution >= 4 is 23.0 Å². The predicted molar refractivity (Wildman–Crippen MR) is 83.6 cm³/mol. The van der Waals surface area contributed by atoms with Crippen molar-refractivity contribution in [1.29, 1.82) is 0 Å². The molecule has 1 rings (SSSR count). The zero-order chi connectivity index (χ0) is 15.8. The second-order valence-electron chi connectivity index (χ2n) is 4.95. The fourth-order valence-corrected chi connectivity index (χ4v) is 1.84. The summed E-state index contributed by atoms with van der Waals surface area (Å²) in [5, 5.41) is 19.8. The SMILES string of the molecule is CCNc1cc(NCCC(=O)NC(C)C)cc([N+](=O)[O-])c1. The molecule has 1 amide bonds. The molecule has 7 nitrogen and oxygen atoms in total. The van der Waals surface area contributed by atoms with Crippen LogP contribution >= 0.6 is 0 Å². The lowest BCUT2D eigenvalue weighted by Gasteiger charge is -2.11. The van der Waals surface area contributed by atoms with E-state index < -0.39 is 4.92 Å². The van der Waals surface area contributed by atoms with Crippen molar-refractivity contribution in [2.24, 2.45) is 0 Å². The Morgan fingerprint density at radius 3 is 2.38 bits per heavy atom. The van der Waals surface area contributed by atoms with E-state index in [-0.39, 0.29) is 17.6 Å². The summed E-state index contributed by atoms with van der Waals surface area (Å²) < 4.78 is 0. The summed E-state index contributed by atoms with van der Waals surface area (Å²) in [6, 6.07) is 4.84. The minimum Gasteiger partial charge on any atom is -0.385 e. The van der Waals surface area contributed by atoms with Crippen LogP contribution in [-0.2, 0) is 4.79 Å². The van der Waals surface area contributed by atoms with Gasteiger partial charge in [0.1, 0.15) is 0 Å². The number of carbonyl (C=O) groups is 1. The molecule has 1 aromatic rings. The van der Waals surface area contributed by atoms with E-state index in [1.54, 1.807) is 6.07 Å². The monoisotopic (exact) mass is 294 g/mol. The summed E-state index contributed by atoms with van der Waals surface area (Å²) in [6.45, 7) is 6.81. The van der Waals surface area contributed by atoms with Crippen molar-refractivity contribution in [1.82, 2.24) is 5.32 Å². The van der Waals surface area contributed by atoms with Crippen LogP contribution in [0.25, 0.3) is 0 Å². The summed E-state index contributed by atoms with van der Waals surface area (Å²) in [7, 11) is 0. The van der Waals surface area contributed by atoms with E-state index in [1.807, 2.05) is 20.8 Å². The summed E-state index contributed by atoms with van der Waals surface area (Å²) >= 11 is 0. The molecule has 0 saturated carbocycles. The maximum absolute atomic E-state index is 11.5. The molecule has 0 aromatic heterocycles. The Hall–Kier alpha value is -2.31. The highest BCUT2D eigenvalue weighted by atomic mass is 16.6. The summed E-state index contributed by atoms with van der Waals surface area (Å²) in [5.74, 6) is -0.0464. The number of anilines is 2. The first-order chi connectivity index (χ1) is 9.92. The van der Waals surface area contributed by atoms with Gasteiger partial charge in [0, 0.05) is 49.1 Å². The molecule has 0 unspecified atom stereocenters. The van der Waals surface area contributed by atoms with E-state index in [4.69, 9.17) is 0 Å². The van der Waals surface area contributed by atoms with Gasteiger partial charge >= 0.3 is 0 Å². The molecule has 0 aliphatic rings. The number of hydrogen-bond acceptors (Lipinski definition) is 5. The van der Waals surface area contributed by atoms with Gasteiger partial charge in [-0.1, -0.05) is 0 Å². The van der Waals surface area contributed by atoms with Crippen molar-refractivity contribution in [3.8, 4) is 0 Å². The molecular formula is C14H22N4O3. The Balaban J connectivity index is 2.65. The largest absolute Gasteiger partial charge is 0.385 e. The Labute approximate surface area is 124 Å². The van der Waals surface area contributed by atoms with Crippen molar-refractivity contribution in [3.05, 3.63) is 28.3 Å². The summed E-state index contributed by atoms with van der Waals surface area (Å²) in [5.41, 5.74) is 1.32. The van der Waals surface area contributed by atoms with E-state index in [0.717, 1.165) is 0 Å². The zero-order valence-electron chi connectivity index (χ0n) is 12.6. The molecule has 0 atom stereocenters. The predicted octanol–water partition coefficient (Wildman–Crippen LogP) is 2.35. The van der Waals surface area contributed by atoms with Crippen LogP contribution in [0.5, 0.6) is 0 Å². The van der Waals surface area contributed by atoms with Crippen LogP contribution in [0.2, 0.25) is 0 Å². The van der Waals surface area contributed by atoms with Crippen LogP contribution in [0.1, 0.15) is 27.2 Å². The quantitative estimate of drug-likeness (QED) is 0.505. The van der Waals surface area contributed by atoms with Gasteiger partial charge in [-0.3, -0.25) is 14.9 Å². The average Bonchev–Trinajstić information content (AvgIpc) is 2.37. The number of carbonyl (C=O) groups excluding carboxylic acids is 1. The topological polar surface area (TPSA) is 96.3 Å². The van der Waals surface area contributed by atoms with E-state index in [0.29, 0.717) is 30.9 Å². The first kappa shape index (κ1) is 16.7. The zero-order valence-corrected chi connectivity index (χ0v) is 12.6. The molecule has 0 spiro atoms. The van der Waals surface area contributed by atoms with Crippen LogP contribution < -0.4 is 16.0 Å². The number of nitrogens with zero attached hydrogens (tertiary/aromatic N) is 1. The van der Waals surface area contributed by atoms with Crippen molar-refractivity contribution in [2.75, 3.05) is 23.7 Å². The van der Waals surface area contributed by atoms with Crippen LogP contribution in [-0.4, -0.2) is 30.0 Å². The third kappa shape index (κ3) is 6.11.